The molecule has 0 bridgehead atoms. The van der Waals surface area contributed by atoms with Gasteiger partial charge in [0.25, 0.3) is 0 Å². The molecule has 0 nitrogen and oxygen atoms in total. The van der Waals surface area contributed by atoms with Gasteiger partial charge in [-0.15, -0.1) is 11.6 Å². The monoisotopic (exact) mass is 324 g/mol. The molecular weight excluding hydrogens is 292 g/mol. The van der Waals surface area contributed by atoms with E-state index in [1.807, 2.05) is 0 Å². The minimum absolute atomic E-state index is 0.837. The summed E-state index contributed by atoms with van der Waals surface area (Å²) < 4.78 is 0. The van der Waals surface area contributed by atoms with Gasteiger partial charge in [0.1, 0.15) is 0 Å². The highest BCUT2D eigenvalue weighted by molar-refractivity contribution is 7.99. The van der Waals surface area contributed by atoms with Crippen molar-refractivity contribution < 1.29 is 0 Å². The van der Waals surface area contributed by atoms with E-state index in [1.54, 1.807) is 0 Å². The number of unbranched alkanes of at least 4 members (excludes halogenated alkanes) is 7. The lowest BCUT2D eigenvalue weighted by Crippen LogP contribution is -1.88. The molecule has 0 rings (SSSR count). The van der Waals surface area contributed by atoms with Crippen LogP contribution in [-0.4, -0.2) is 28.9 Å². The molecule has 0 heterocycles. The summed E-state index contributed by atoms with van der Waals surface area (Å²) >= 11 is 9.95. The van der Waals surface area contributed by atoms with E-state index in [1.165, 1.54) is 87.2 Å². The first-order valence-corrected chi connectivity index (χ1v) is 11.0. The lowest BCUT2D eigenvalue weighted by Gasteiger charge is -2.03. The molecule has 0 aromatic heterocycles. The molecular formula is C16H33ClS2. The molecule has 0 aliphatic rings. The predicted molar refractivity (Wildman–Crippen MR) is 97.2 cm³/mol. The second kappa shape index (κ2) is 19.0. The molecule has 0 amide bonds. The Morgan fingerprint density at radius 1 is 0.579 bits per heavy atom. The van der Waals surface area contributed by atoms with Gasteiger partial charge in [0.05, 0.1) is 0 Å². The molecule has 0 unspecified atom stereocenters. The van der Waals surface area contributed by atoms with Crippen molar-refractivity contribution in [1.29, 1.82) is 0 Å². The van der Waals surface area contributed by atoms with Crippen molar-refractivity contribution in [3.05, 3.63) is 0 Å². The molecule has 0 spiro atoms. The molecule has 0 fully saturated rings. The molecule has 3 heteroatoms. The third-order valence-corrected chi connectivity index (χ3v) is 5.72. The van der Waals surface area contributed by atoms with E-state index in [2.05, 4.69) is 30.4 Å². The van der Waals surface area contributed by atoms with Gasteiger partial charge >= 0.3 is 0 Å². The molecule has 0 aliphatic heterocycles. The second-order valence-corrected chi connectivity index (χ2v) is 7.92. The molecule has 19 heavy (non-hydrogen) atoms. The smallest absolute Gasteiger partial charge is 0.0223 e. The number of hydrogen-bond acceptors (Lipinski definition) is 2. The Kier molecular flexibility index (Phi) is 20.0. The van der Waals surface area contributed by atoms with Crippen molar-refractivity contribution in [3.63, 3.8) is 0 Å². The first kappa shape index (κ1) is 20.0. The van der Waals surface area contributed by atoms with Crippen molar-refractivity contribution in [1.82, 2.24) is 0 Å². The maximum Gasteiger partial charge on any atom is 0.0223 e. The molecule has 0 atom stereocenters. The fourth-order valence-corrected chi connectivity index (χ4v) is 4.18. The van der Waals surface area contributed by atoms with Crippen molar-refractivity contribution in [2.45, 2.75) is 71.1 Å². The van der Waals surface area contributed by atoms with Crippen LogP contribution < -0.4 is 0 Å². The van der Waals surface area contributed by atoms with E-state index >= 15 is 0 Å². The maximum absolute atomic E-state index is 5.65. The van der Waals surface area contributed by atoms with Crippen molar-refractivity contribution in [2.24, 2.45) is 0 Å². The van der Waals surface area contributed by atoms with Crippen LogP contribution in [0.25, 0.3) is 0 Å². The molecule has 0 saturated heterocycles. The summed E-state index contributed by atoms with van der Waals surface area (Å²) in [6, 6.07) is 0. The Labute approximate surface area is 135 Å². The molecule has 0 aliphatic carbocycles. The average Bonchev–Trinajstić information content (AvgIpc) is 2.43. The average molecular weight is 325 g/mol. The van der Waals surface area contributed by atoms with Gasteiger partial charge in [-0.05, 0) is 55.1 Å². The summed E-state index contributed by atoms with van der Waals surface area (Å²) in [6.45, 7) is 2.27. The van der Waals surface area contributed by atoms with Gasteiger partial charge < -0.3 is 0 Å². The van der Waals surface area contributed by atoms with Gasteiger partial charge in [-0.2, -0.15) is 23.5 Å². The fourth-order valence-electron chi connectivity index (χ4n) is 1.86. The highest BCUT2D eigenvalue weighted by atomic mass is 35.5. The fraction of sp³-hybridized carbons (Fsp3) is 1.00. The minimum Gasteiger partial charge on any atom is -0.162 e. The van der Waals surface area contributed by atoms with Gasteiger partial charge in [-0.1, -0.05) is 39.0 Å². The minimum atomic E-state index is 0.837. The summed E-state index contributed by atoms with van der Waals surface area (Å²) in [6.07, 6.45) is 13.7. The van der Waals surface area contributed by atoms with Gasteiger partial charge in [0, 0.05) is 5.88 Å². The van der Waals surface area contributed by atoms with Crippen LogP contribution in [0.15, 0.2) is 0 Å². The molecule has 0 aromatic carbocycles. The van der Waals surface area contributed by atoms with Crippen molar-refractivity contribution in [3.8, 4) is 0 Å². The second-order valence-electron chi connectivity index (χ2n) is 5.10. The number of rotatable bonds is 16. The van der Waals surface area contributed by atoms with Crippen LogP contribution in [0.5, 0.6) is 0 Å². The van der Waals surface area contributed by atoms with Gasteiger partial charge in [-0.25, -0.2) is 0 Å². The lowest BCUT2D eigenvalue weighted by molar-refractivity contribution is 0.703. The third kappa shape index (κ3) is 19.0. The van der Waals surface area contributed by atoms with Crippen LogP contribution in [-0.2, 0) is 0 Å². The summed E-state index contributed by atoms with van der Waals surface area (Å²) in [7, 11) is 0. The first-order valence-electron chi connectivity index (χ1n) is 8.13. The third-order valence-electron chi connectivity index (χ3n) is 3.14. The molecule has 116 valence electrons. The van der Waals surface area contributed by atoms with Crippen molar-refractivity contribution in [2.75, 3.05) is 28.9 Å². The van der Waals surface area contributed by atoms with E-state index in [-0.39, 0.29) is 0 Å². The molecule has 0 aromatic rings. The van der Waals surface area contributed by atoms with Crippen LogP contribution in [0.3, 0.4) is 0 Å². The number of alkyl halides is 1. The van der Waals surface area contributed by atoms with E-state index in [0.717, 1.165) is 5.88 Å². The van der Waals surface area contributed by atoms with Crippen LogP contribution in [0.1, 0.15) is 71.1 Å². The zero-order valence-electron chi connectivity index (χ0n) is 12.8. The van der Waals surface area contributed by atoms with E-state index in [9.17, 15) is 0 Å². The quantitative estimate of drug-likeness (QED) is 0.231. The summed E-state index contributed by atoms with van der Waals surface area (Å²) in [4.78, 5) is 0. The summed E-state index contributed by atoms with van der Waals surface area (Å²) in [5, 5.41) is 0. The zero-order valence-corrected chi connectivity index (χ0v) is 15.2. The largest absolute Gasteiger partial charge is 0.162 e. The number of hydrogen-bond donors (Lipinski definition) is 0. The van der Waals surface area contributed by atoms with Crippen LogP contribution in [0, 0.1) is 0 Å². The Hall–Kier alpha value is 0.990. The van der Waals surface area contributed by atoms with Gasteiger partial charge in [-0.3, -0.25) is 0 Å². The highest BCUT2D eigenvalue weighted by Crippen LogP contribution is 2.13. The molecule has 0 N–H and O–H groups in total. The Balaban J connectivity index is 2.88. The summed E-state index contributed by atoms with van der Waals surface area (Å²) in [5.41, 5.74) is 0. The van der Waals surface area contributed by atoms with Crippen LogP contribution >= 0.6 is 35.1 Å². The van der Waals surface area contributed by atoms with Crippen LogP contribution in [0.4, 0.5) is 0 Å². The van der Waals surface area contributed by atoms with E-state index in [0.29, 0.717) is 0 Å². The SMILES string of the molecule is CCCCSCCCCCCSCCCCCCCl. The highest BCUT2D eigenvalue weighted by Gasteiger charge is 1.94. The molecule has 0 radical (unpaired) electrons. The Morgan fingerprint density at radius 2 is 1.00 bits per heavy atom. The summed E-state index contributed by atoms with van der Waals surface area (Å²) in [5.74, 6) is 6.32. The normalized spacial score (nSPS) is 11.1. The predicted octanol–water partition coefficient (Wildman–Crippen LogP) is 6.61. The standard InChI is InChI=1S/C16H33ClS2/c1-2-3-13-18-14-10-6-7-11-16-19-15-9-5-4-8-12-17/h2-16H2,1H3. The van der Waals surface area contributed by atoms with Gasteiger partial charge in [0.2, 0.25) is 0 Å². The number of halogens is 1. The topological polar surface area (TPSA) is 0 Å². The zero-order chi connectivity index (χ0) is 14.0. The van der Waals surface area contributed by atoms with E-state index < -0.39 is 0 Å². The maximum atomic E-state index is 5.65. The first-order chi connectivity index (χ1) is 9.41. The lowest BCUT2D eigenvalue weighted by atomic mass is 10.2. The van der Waals surface area contributed by atoms with E-state index in [4.69, 9.17) is 11.6 Å². The van der Waals surface area contributed by atoms with Gasteiger partial charge in [0.15, 0.2) is 0 Å². The number of thioether (sulfide) groups is 2. The Bertz CT molecular complexity index is 138. The Morgan fingerprint density at radius 3 is 1.42 bits per heavy atom. The van der Waals surface area contributed by atoms with Crippen LogP contribution in [0.2, 0.25) is 0 Å². The van der Waals surface area contributed by atoms with Crippen molar-refractivity contribution >= 4 is 35.1 Å². The molecule has 0 saturated carbocycles.